The van der Waals surface area contributed by atoms with Gasteiger partial charge in [-0.2, -0.15) is 0 Å². The quantitative estimate of drug-likeness (QED) is 0.761. The summed E-state index contributed by atoms with van der Waals surface area (Å²) in [6, 6.07) is 15.2. The molecule has 0 amide bonds. The Kier molecular flexibility index (Phi) is 5.57. The van der Waals surface area contributed by atoms with Crippen LogP contribution in [0, 0.1) is 0 Å². The van der Waals surface area contributed by atoms with Gasteiger partial charge in [0, 0.05) is 18.4 Å². The Balaban J connectivity index is 1.62. The molecular formula is C17H22N2. The predicted octanol–water partition coefficient (Wildman–Crippen LogP) is 3.76. The first-order valence-electron chi connectivity index (χ1n) is 7.03. The fraction of sp³-hybridized carbons (Fsp3) is 0.353. The first kappa shape index (κ1) is 13.8. The van der Waals surface area contributed by atoms with Crippen LogP contribution in [0.4, 0.5) is 0 Å². The van der Waals surface area contributed by atoms with Crippen LogP contribution in [-0.4, -0.2) is 11.5 Å². The molecule has 1 aromatic heterocycles. The molecule has 0 fully saturated rings. The molecule has 0 aliphatic carbocycles. The van der Waals surface area contributed by atoms with Gasteiger partial charge in [0.05, 0.1) is 0 Å². The van der Waals surface area contributed by atoms with Crippen LogP contribution in [0.2, 0.25) is 0 Å². The van der Waals surface area contributed by atoms with Gasteiger partial charge in [0.25, 0.3) is 0 Å². The van der Waals surface area contributed by atoms with Crippen molar-refractivity contribution < 1.29 is 0 Å². The Morgan fingerprint density at radius 2 is 1.89 bits per heavy atom. The van der Waals surface area contributed by atoms with Gasteiger partial charge in [-0.3, -0.25) is 4.98 Å². The van der Waals surface area contributed by atoms with Crippen molar-refractivity contribution >= 4 is 0 Å². The van der Waals surface area contributed by atoms with Crippen molar-refractivity contribution in [1.82, 2.24) is 10.3 Å². The molecule has 1 N–H and O–H groups in total. The number of hydrogen-bond donors (Lipinski definition) is 1. The number of aromatic nitrogens is 1. The molecule has 1 unspecified atom stereocenters. The number of benzene rings is 1. The summed E-state index contributed by atoms with van der Waals surface area (Å²) in [6.07, 6.45) is 7.36. The van der Waals surface area contributed by atoms with Crippen LogP contribution in [0.3, 0.4) is 0 Å². The van der Waals surface area contributed by atoms with Crippen LogP contribution in [0.25, 0.3) is 0 Å². The maximum absolute atomic E-state index is 4.15. The average Bonchev–Trinajstić information content (AvgIpc) is 2.49. The Labute approximate surface area is 115 Å². The van der Waals surface area contributed by atoms with E-state index in [1.54, 1.807) is 0 Å². The maximum atomic E-state index is 4.15. The van der Waals surface area contributed by atoms with Gasteiger partial charge in [0.15, 0.2) is 0 Å². The highest BCUT2D eigenvalue weighted by Gasteiger charge is 2.03. The highest BCUT2D eigenvalue weighted by atomic mass is 14.9. The topological polar surface area (TPSA) is 24.9 Å². The SMILES string of the molecule is CC(NCCCCc1ccccc1)c1cccnc1. The van der Waals surface area contributed by atoms with Gasteiger partial charge in [-0.1, -0.05) is 36.4 Å². The molecule has 0 aliphatic heterocycles. The van der Waals surface area contributed by atoms with Crippen LogP contribution < -0.4 is 5.32 Å². The van der Waals surface area contributed by atoms with Crippen LogP contribution in [0.1, 0.15) is 36.9 Å². The highest BCUT2D eigenvalue weighted by Crippen LogP contribution is 2.10. The van der Waals surface area contributed by atoms with Gasteiger partial charge in [0.1, 0.15) is 0 Å². The molecule has 1 atom stereocenters. The zero-order valence-corrected chi connectivity index (χ0v) is 11.5. The molecule has 0 spiro atoms. The molecule has 1 heterocycles. The standard InChI is InChI=1S/C17H22N2/c1-15(17-11-7-12-18-14-17)19-13-6-5-10-16-8-3-2-4-9-16/h2-4,7-9,11-12,14-15,19H,5-6,10,13H2,1H3. The molecular weight excluding hydrogens is 232 g/mol. The summed E-state index contributed by atoms with van der Waals surface area (Å²) < 4.78 is 0. The molecule has 0 saturated carbocycles. The molecule has 2 aromatic rings. The van der Waals surface area contributed by atoms with Crippen molar-refractivity contribution in [2.24, 2.45) is 0 Å². The Morgan fingerprint density at radius 1 is 1.05 bits per heavy atom. The minimum atomic E-state index is 0.380. The molecule has 19 heavy (non-hydrogen) atoms. The second-order valence-electron chi connectivity index (χ2n) is 4.90. The van der Waals surface area contributed by atoms with E-state index in [1.807, 2.05) is 18.5 Å². The smallest absolute Gasteiger partial charge is 0.0315 e. The minimum Gasteiger partial charge on any atom is -0.310 e. The first-order chi connectivity index (χ1) is 9.36. The van der Waals surface area contributed by atoms with Gasteiger partial charge >= 0.3 is 0 Å². The lowest BCUT2D eigenvalue weighted by Crippen LogP contribution is -2.20. The second-order valence-corrected chi connectivity index (χ2v) is 4.90. The van der Waals surface area contributed by atoms with E-state index in [4.69, 9.17) is 0 Å². The monoisotopic (exact) mass is 254 g/mol. The Morgan fingerprint density at radius 3 is 2.63 bits per heavy atom. The van der Waals surface area contributed by atoms with E-state index in [1.165, 1.54) is 30.4 Å². The molecule has 2 heteroatoms. The Bertz CT molecular complexity index is 453. The molecule has 2 nitrogen and oxygen atoms in total. The lowest BCUT2D eigenvalue weighted by atomic mass is 10.1. The third kappa shape index (κ3) is 4.84. The lowest BCUT2D eigenvalue weighted by Gasteiger charge is -2.13. The summed E-state index contributed by atoms with van der Waals surface area (Å²) in [5.41, 5.74) is 2.69. The number of rotatable bonds is 7. The number of nitrogens with zero attached hydrogens (tertiary/aromatic N) is 1. The van der Waals surface area contributed by atoms with E-state index in [2.05, 4.69) is 53.6 Å². The highest BCUT2D eigenvalue weighted by molar-refractivity contribution is 5.14. The number of pyridine rings is 1. The average molecular weight is 254 g/mol. The number of aryl methyl sites for hydroxylation is 1. The summed E-state index contributed by atoms with van der Waals surface area (Å²) in [5, 5.41) is 3.55. The maximum Gasteiger partial charge on any atom is 0.0315 e. The van der Waals surface area contributed by atoms with Crippen molar-refractivity contribution in [3.05, 3.63) is 66.0 Å². The van der Waals surface area contributed by atoms with Crippen molar-refractivity contribution in [2.75, 3.05) is 6.54 Å². The van der Waals surface area contributed by atoms with Crippen molar-refractivity contribution in [3.63, 3.8) is 0 Å². The molecule has 0 saturated heterocycles. The number of hydrogen-bond acceptors (Lipinski definition) is 2. The molecule has 2 rings (SSSR count). The largest absolute Gasteiger partial charge is 0.310 e. The van der Waals surface area contributed by atoms with E-state index in [9.17, 15) is 0 Å². The van der Waals surface area contributed by atoms with Crippen LogP contribution in [0.15, 0.2) is 54.9 Å². The fourth-order valence-electron chi connectivity index (χ4n) is 2.17. The first-order valence-corrected chi connectivity index (χ1v) is 7.03. The van der Waals surface area contributed by atoms with E-state index >= 15 is 0 Å². The van der Waals surface area contributed by atoms with Gasteiger partial charge in [-0.05, 0) is 49.9 Å². The molecule has 100 valence electrons. The molecule has 1 aromatic carbocycles. The van der Waals surface area contributed by atoms with Gasteiger partial charge in [0.2, 0.25) is 0 Å². The number of unbranched alkanes of at least 4 members (excludes halogenated alkanes) is 1. The third-order valence-electron chi connectivity index (χ3n) is 3.37. The normalized spacial score (nSPS) is 12.3. The van der Waals surface area contributed by atoms with E-state index in [0.717, 1.165) is 6.54 Å². The second kappa shape index (κ2) is 7.70. The van der Waals surface area contributed by atoms with E-state index < -0.39 is 0 Å². The Hall–Kier alpha value is -1.67. The van der Waals surface area contributed by atoms with Gasteiger partial charge in [-0.25, -0.2) is 0 Å². The third-order valence-corrected chi connectivity index (χ3v) is 3.37. The molecule has 0 bridgehead atoms. The number of nitrogens with one attached hydrogen (secondary N) is 1. The van der Waals surface area contributed by atoms with Crippen LogP contribution in [-0.2, 0) is 6.42 Å². The van der Waals surface area contributed by atoms with Gasteiger partial charge in [-0.15, -0.1) is 0 Å². The van der Waals surface area contributed by atoms with Crippen LogP contribution >= 0.6 is 0 Å². The molecule has 0 radical (unpaired) electrons. The summed E-state index contributed by atoms with van der Waals surface area (Å²) in [7, 11) is 0. The predicted molar refractivity (Wildman–Crippen MR) is 80.0 cm³/mol. The van der Waals surface area contributed by atoms with Crippen molar-refractivity contribution in [1.29, 1.82) is 0 Å². The van der Waals surface area contributed by atoms with Crippen molar-refractivity contribution in [3.8, 4) is 0 Å². The summed E-state index contributed by atoms with van der Waals surface area (Å²) in [5.74, 6) is 0. The fourth-order valence-corrected chi connectivity index (χ4v) is 2.17. The van der Waals surface area contributed by atoms with E-state index in [0.29, 0.717) is 6.04 Å². The van der Waals surface area contributed by atoms with Crippen molar-refractivity contribution in [2.45, 2.75) is 32.2 Å². The zero-order chi connectivity index (χ0) is 13.3. The minimum absolute atomic E-state index is 0.380. The van der Waals surface area contributed by atoms with E-state index in [-0.39, 0.29) is 0 Å². The summed E-state index contributed by atoms with van der Waals surface area (Å²) >= 11 is 0. The lowest BCUT2D eigenvalue weighted by molar-refractivity contribution is 0.545. The van der Waals surface area contributed by atoms with Crippen LogP contribution in [0.5, 0.6) is 0 Å². The molecule has 0 aliphatic rings. The van der Waals surface area contributed by atoms with Gasteiger partial charge < -0.3 is 5.32 Å². The summed E-state index contributed by atoms with van der Waals surface area (Å²) in [4.78, 5) is 4.15. The zero-order valence-electron chi connectivity index (χ0n) is 11.5. The summed E-state index contributed by atoms with van der Waals surface area (Å²) in [6.45, 7) is 3.25.